The molecular weight excluding hydrogens is 252 g/mol. The van der Waals surface area contributed by atoms with Crippen LogP contribution in [0.1, 0.15) is 39.0 Å². The van der Waals surface area contributed by atoms with Crippen LogP contribution in [0.2, 0.25) is 0 Å². The predicted octanol–water partition coefficient (Wildman–Crippen LogP) is 1.58. The number of likely N-dealkylation sites (N-methyl/N-ethyl adjacent to an activating group) is 1. The van der Waals surface area contributed by atoms with Crippen LogP contribution in [-0.4, -0.2) is 73.5 Å². The van der Waals surface area contributed by atoms with E-state index in [0.717, 1.165) is 38.7 Å². The molecule has 0 unspecified atom stereocenters. The number of hydrogen-bond acceptors (Lipinski definition) is 4. The molecular formula is C16H32N2O2. The molecule has 0 aromatic heterocycles. The molecule has 0 amide bonds. The third kappa shape index (κ3) is 5.68. The topological polar surface area (TPSA) is 35.9 Å². The monoisotopic (exact) mass is 284 g/mol. The second-order valence-electron chi connectivity index (χ2n) is 6.80. The van der Waals surface area contributed by atoms with Crippen LogP contribution < -0.4 is 0 Å². The first kappa shape index (κ1) is 16.2. The molecule has 0 radical (unpaired) electrons. The first-order valence-electron chi connectivity index (χ1n) is 8.34. The van der Waals surface area contributed by atoms with Gasteiger partial charge in [0.25, 0.3) is 0 Å². The molecule has 0 aliphatic carbocycles. The fourth-order valence-corrected chi connectivity index (χ4v) is 3.54. The highest BCUT2D eigenvalue weighted by Crippen LogP contribution is 2.19. The zero-order valence-electron chi connectivity index (χ0n) is 13.3. The van der Waals surface area contributed by atoms with Gasteiger partial charge in [-0.3, -0.25) is 0 Å². The lowest BCUT2D eigenvalue weighted by Crippen LogP contribution is -2.42. The van der Waals surface area contributed by atoms with E-state index >= 15 is 0 Å². The van der Waals surface area contributed by atoms with Gasteiger partial charge in [-0.1, -0.05) is 0 Å². The number of piperidine rings is 1. The minimum Gasteiger partial charge on any atom is -0.392 e. The summed E-state index contributed by atoms with van der Waals surface area (Å²) in [7, 11) is 2.24. The van der Waals surface area contributed by atoms with E-state index in [4.69, 9.17) is 4.74 Å². The molecule has 2 fully saturated rings. The Morgan fingerprint density at radius 2 is 1.95 bits per heavy atom. The lowest BCUT2D eigenvalue weighted by molar-refractivity contribution is -0.00536. The molecule has 118 valence electrons. The Hall–Kier alpha value is -0.160. The number of hydrogen-bond donors (Lipinski definition) is 1. The van der Waals surface area contributed by atoms with Crippen LogP contribution >= 0.6 is 0 Å². The molecule has 0 aromatic rings. The maximum atomic E-state index is 9.43. The van der Waals surface area contributed by atoms with Crippen molar-refractivity contribution in [2.24, 2.45) is 5.92 Å². The highest BCUT2D eigenvalue weighted by atomic mass is 16.5. The highest BCUT2D eigenvalue weighted by molar-refractivity contribution is 4.76. The van der Waals surface area contributed by atoms with Crippen LogP contribution in [-0.2, 0) is 4.74 Å². The molecule has 4 nitrogen and oxygen atoms in total. The minimum atomic E-state index is -0.197. The van der Waals surface area contributed by atoms with Crippen molar-refractivity contribution in [1.29, 1.82) is 0 Å². The highest BCUT2D eigenvalue weighted by Gasteiger charge is 2.22. The predicted molar refractivity (Wildman–Crippen MR) is 81.9 cm³/mol. The van der Waals surface area contributed by atoms with Gasteiger partial charge in [-0.05, 0) is 65.1 Å². The number of aliphatic hydroxyl groups excluding tert-OH is 1. The Kier molecular flexibility index (Phi) is 6.75. The van der Waals surface area contributed by atoms with Gasteiger partial charge in [0, 0.05) is 26.2 Å². The smallest absolute Gasteiger partial charge is 0.0701 e. The number of aliphatic hydroxyl groups is 1. The molecule has 2 atom stereocenters. The van der Waals surface area contributed by atoms with Crippen molar-refractivity contribution in [1.82, 2.24) is 9.80 Å². The van der Waals surface area contributed by atoms with Gasteiger partial charge in [0.2, 0.25) is 0 Å². The van der Waals surface area contributed by atoms with E-state index in [1.807, 2.05) is 6.92 Å². The molecule has 2 aliphatic heterocycles. The van der Waals surface area contributed by atoms with Gasteiger partial charge < -0.3 is 19.6 Å². The summed E-state index contributed by atoms with van der Waals surface area (Å²) in [5.41, 5.74) is 0. The maximum absolute atomic E-state index is 9.43. The standard InChI is InChI=1S/C16H32N2O2/c1-14(19)11-18-8-6-15(7-9-18)12-17(2)13-16-5-3-4-10-20-16/h14-16,19H,3-13H2,1-2H3/t14-,16+/m0/s1. The van der Waals surface area contributed by atoms with Crippen LogP contribution in [0, 0.1) is 5.92 Å². The van der Waals surface area contributed by atoms with Crippen molar-refractivity contribution >= 4 is 0 Å². The van der Waals surface area contributed by atoms with Gasteiger partial charge in [0.05, 0.1) is 12.2 Å². The van der Waals surface area contributed by atoms with E-state index in [2.05, 4.69) is 16.8 Å². The van der Waals surface area contributed by atoms with E-state index in [9.17, 15) is 5.11 Å². The fourth-order valence-electron chi connectivity index (χ4n) is 3.54. The van der Waals surface area contributed by atoms with Gasteiger partial charge >= 0.3 is 0 Å². The lowest BCUT2D eigenvalue weighted by Gasteiger charge is -2.35. The SMILES string of the molecule is C[C@H](O)CN1CCC(CN(C)C[C@H]2CCCCO2)CC1. The van der Waals surface area contributed by atoms with Crippen LogP contribution in [0.25, 0.3) is 0 Å². The summed E-state index contributed by atoms with van der Waals surface area (Å²) >= 11 is 0. The molecule has 2 aliphatic rings. The van der Waals surface area contributed by atoms with Crippen molar-refractivity contribution in [3.05, 3.63) is 0 Å². The van der Waals surface area contributed by atoms with Crippen molar-refractivity contribution < 1.29 is 9.84 Å². The zero-order valence-corrected chi connectivity index (χ0v) is 13.3. The zero-order chi connectivity index (χ0) is 14.4. The second-order valence-corrected chi connectivity index (χ2v) is 6.80. The quantitative estimate of drug-likeness (QED) is 0.803. The molecule has 1 N–H and O–H groups in total. The van der Waals surface area contributed by atoms with Gasteiger partial charge in [-0.2, -0.15) is 0 Å². The summed E-state index contributed by atoms with van der Waals surface area (Å²) in [5, 5.41) is 9.43. The number of β-amino-alcohol motifs (C(OH)–C–C–N with tert-alkyl or cyclic N) is 1. The number of likely N-dealkylation sites (tertiary alicyclic amines) is 1. The number of rotatable bonds is 6. The van der Waals surface area contributed by atoms with Gasteiger partial charge in [0.15, 0.2) is 0 Å². The van der Waals surface area contributed by atoms with Crippen molar-refractivity contribution in [2.45, 2.75) is 51.2 Å². The lowest BCUT2D eigenvalue weighted by atomic mass is 9.96. The fraction of sp³-hybridized carbons (Fsp3) is 1.00. The minimum absolute atomic E-state index is 0.197. The molecule has 4 heteroatoms. The number of nitrogens with zero attached hydrogens (tertiary/aromatic N) is 2. The normalized spacial score (nSPS) is 27.9. The second kappa shape index (κ2) is 8.32. The largest absolute Gasteiger partial charge is 0.392 e. The third-order valence-corrected chi connectivity index (χ3v) is 4.59. The molecule has 20 heavy (non-hydrogen) atoms. The number of ether oxygens (including phenoxy) is 1. The van der Waals surface area contributed by atoms with Crippen molar-refractivity contribution in [3.8, 4) is 0 Å². The van der Waals surface area contributed by atoms with Crippen molar-refractivity contribution in [2.75, 3.05) is 46.4 Å². The van der Waals surface area contributed by atoms with Gasteiger partial charge in [-0.15, -0.1) is 0 Å². The third-order valence-electron chi connectivity index (χ3n) is 4.59. The van der Waals surface area contributed by atoms with Crippen LogP contribution in [0.3, 0.4) is 0 Å². The van der Waals surface area contributed by atoms with Crippen LogP contribution in [0.5, 0.6) is 0 Å². The molecule has 0 aromatic carbocycles. The molecule has 2 saturated heterocycles. The summed E-state index contributed by atoms with van der Waals surface area (Å²) < 4.78 is 5.82. The molecule has 0 bridgehead atoms. The van der Waals surface area contributed by atoms with Crippen molar-refractivity contribution in [3.63, 3.8) is 0 Å². The average Bonchev–Trinajstić information content (AvgIpc) is 2.41. The molecule has 0 saturated carbocycles. The van der Waals surface area contributed by atoms with E-state index in [1.54, 1.807) is 0 Å². The summed E-state index contributed by atoms with van der Waals surface area (Å²) in [4.78, 5) is 4.86. The van der Waals surface area contributed by atoms with Crippen LogP contribution in [0.4, 0.5) is 0 Å². The first-order valence-corrected chi connectivity index (χ1v) is 8.34. The maximum Gasteiger partial charge on any atom is 0.0701 e. The summed E-state index contributed by atoms with van der Waals surface area (Å²) in [5.74, 6) is 0.814. The Balaban J connectivity index is 1.61. The van der Waals surface area contributed by atoms with Crippen LogP contribution in [0.15, 0.2) is 0 Å². The van der Waals surface area contributed by atoms with E-state index in [-0.39, 0.29) is 6.10 Å². The molecule has 2 rings (SSSR count). The van der Waals surface area contributed by atoms with E-state index < -0.39 is 0 Å². The Morgan fingerprint density at radius 1 is 1.20 bits per heavy atom. The summed E-state index contributed by atoms with van der Waals surface area (Å²) in [6, 6.07) is 0. The molecule has 0 spiro atoms. The summed E-state index contributed by atoms with van der Waals surface area (Å²) in [6.07, 6.45) is 6.60. The van der Waals surface area contributed by atoms with Gasteiger partial charge in [0.1, 0.15) is 0 Å². The Labute approximate surface area is 124 Å². The van der Waals surface area contributed by atoms with E-state index in [1.165, 1.54) is 38.6 Å². The Bertz CT molecular complexity index is 259. The van der Waals surface area contributed by atoms with E-state index in [0.29, 0.717) is 6.10 Å². The summed E-state index contributed by atoms with van der Waals surface area (Å²) in [6.45, 7) is 8.24. The Morgan fingerprint density at radius 3 is 2.55 bits per heavy atom. The first-order chi connectivity index (χ1) is 9.63. The van der Waals surface area contributed by atoms with Gasteiger partial charge in [-0.25, -0.2) is 0 Å². The average molecular weight is 284 g/mol. The molecule has 2 heterocycles.